The molecule has 9 heteroatoms. The van der Waals surface area contributed by atoms with Gasteiger partial charge in [-0.05, 0) is 35.4 Å². The molecule has 1 aliphatic rings. The number of nitrogens with one attached hydrogen (secondary N) is 1. The summed E-state index contributed by atoms with van der Waals surface area (Å²) in [5, 5.41) is 13.1. The fourth-order valence-electron chi connectivity index (χ4n) is 5.87. The maximum atomic E-state index is 12.9. The molecule has 0 saturated carbocycles. The lowest BCUT2D eigenvalue weighted by molar-refractivity contribution is -0.268. The number of carbonyl (C=O) groups is 1. The Kier molecular flexibility index (Phi) is 9.95. The monoisotopic (exact) mass is 669 g/mol. The van der Waals surface area contributed by atoms with Crippen LogP contribution in [0.5, 0.6) is 0 Å². The number of amides is 1. The molecule has 3 heterocycles. The minimum atomic E-state index is -0.705. The Bertz CT molecular complexity index is 1930. The van der Waals surface area contributed by atoms with E-state index < -0.39 is 6.29 Å². The van der Waals surface area contributed by atoms with E-state index in [9.17, 15) is 9.90 Å². The molecule has 49 heavy (non-hydrogen) atoms. The van der Waals surface area contributed by atoms with Gasteiger partial charge in [-0.1, -0.05) is 116 Å². The van der Waals surface area contributed by atoms with Crippen molar-refractivity contribution in [2.75, 3.05) is 11.1 Å². The van der Waals surface area contributed by atoms with Gasteiger partial charge in [-0.2, -0.15) is 0 Å². The highest BCUT2D eigenvalue weighted by Gasteiger charge is 2.39. The van der Waals surface area contributed by atoms with Crippen molar-refractivity contribution in [1.29, 1.82) is 0 Å². The van der Waals surface area contributed by atoms with Gasteiger partial charge in [0.2, 0.25) is 0 Å². The van der Waals surface area contributed by atoms with Gasteiger partial charge in [0.1, 0.15) is 5.69 Å². The maximum Gasteiger partial charge on any atom is 0.257 e. The summed E-state index contributed by atoms with van der Waals surface area (Å²) in [5.74, 6) is 0.998. The average Bonchev–Trinajstić information content (AvgIpc) is 3.60. The number of oxazole rings is 1. The SMILES string of the molecule is CC1C(CSc2nc(-c3ccccc3)c(-c3ccccc3)o2)OC(c2cccc(NC(=O)c3cccnc3)c2)OC1c1ccc(CO)cc1. The Morgan fingerprint density at radius 3 is 2.31 bits per heavy atom. The first-order valence-electron chi connectivity index (χ1n) is 16.1. The third-order valence-electron chi connectivity index (χ3n) is 8.53. The van der Waals surface area contributed by atoms with Crippen molar-refractivity contribution in [2.24, 2.45) is 5.92 Å². The summed E-state index contributed by atoms with van der Waals surface area (Å²) in [6, 6.07) is 38.8. The minimum absolute atomic E-state index is 0.0317. The molecule has 8 nitrogen and oxygen atoms in total. The van der Waals surface area contributed by atoms with E-state index in [0.29, 0.717) is 22.2 Å². The van der Waals surface area contributed by atoms with Crippen molar-refractivity contribution >= 4 is 23.4 Å². The molecule has 0 bridgehead atoms. The van der Waals surface area contributed by atoms with Crippen LogP contribution in [-0.2, 0) is 16.1 Å². The molecule has 1 fully saturated rings. The molecule has 1 saturated heterocycles. The van der Waals surface area contributed by atoms with Crippen LogP contribution in [0.4, 0.5) is 5.69 Å². The molecule has 0 radical (unpaired) electrons. The summed E-state index contributed by atoms with van der Waals surface area (Å²) in [5.41, 5.74) is 6.41. The zero-order valence-corrected chi connectivity index (χ0v) is 27.6. The molecule has 1 aliphatic heterocycles. The fraction of sp³-hybridized carbons (Fsp3) is 0.175. The van der Waals surface area contributed by atoms with Crippen molar-refractivity contribution in [3.05, 3.63) is 156 Å². The van der Waals surface area contributed by atoms with Crippen LogP contribution >= 0.6 is 11.8 Å². The number of pyridine rings is 1. The summed E-state index contributed by atoms with van der Waals surface area (Å²) in [6.07, 6.45) is 1.92. The second-order valence-electron chi connectivity index (χ2n) is 11.8. The van der Waals surface area contributed by atoms with E-state index in [2.05, 4.69) is 17.2 Å². The summed E-state index contributed by atoms with van der Waals surface area (Å²) in [7, 11) is 0. The van der Waals surface area contributed by atoms with Crippen molar-refractivity contribution in [2.45, 2.75) is 37.3 Å². The lowest BCUT2D eigenvalue weighted by atomic mass is 9.91. The number of aliphatic hydroxyl groups is 1. The van der Waals surface area contributed by atoms with Gasteiger partial charge in [0, 0.05) is 46.4 Å². The molecule has 2 aromatic heterocycles. The van der Waals surface area contributed by atoms with E-state index in [-0.39, 0.29) is 30.6 Å². The van der Waals surface area contributed by atoms with Gasteiger partial charge in [0.25, 0.3) is 11.1 Å². The summed E-state index contributed by atoms with van der Waals surface area (Å²) in [4.78, 5) is 21.9. The number of anilines is 1. The third kappa shape index (κ3) is 7.50. The van der Waals surface area contributed by atoms with Crippen LogP contribution in [0.2, 0.25) is 0 Å². The Labute approximate surface area is 289 Å². The molecule has 0 aliphatic carbocycles. The number of thioether (sulfide) groups is 1. The lowest BCUT2D eigenvalue weighted by Gasteiger charge is -2.41. The van der Waals surface area contributed by atoms with Gasteiger partial charge in [-0.3, -0.25) is 9.78 Å². The highest BCUT2D eigenvalue weighted by atomic mass is 32.2. The maximum absolute atomic E-state index is 12.9. The van der Waals surface area contributed by atoms with Crippen LogP contribution < -0.4 is 5.32 Å². The van der Waals surface area contributed by atoms with Gasteiger partial charge in [-0.25, -0.2) is 4.98 Å². The normalized spacial score (nSPS) is 19.0. The van der Waals surface area contributed by atoms with E-state index in [1.54, 1.807) is 18.3 Å². The van der Waals surface area contributed by atoms with Crippen LogP contribution in [0.25, 0.3) is 22.6 Å². The summed E-state index contributed by atoms with van der Waals surface area (Å²) in [6.45, 7) is 2.09. The molecule has 4 atom stereocenters. The number of hydrogen-bond acceptors (Lipinski definition) is 8. The molecule has 6 aromatic rings. The molecule has 246 valence electrons. The number of hydrogen-bond donors (Lipinski definition) is 2. The summed E-state index contributed by atoms with van der Waals surface area (Å²) >= 11 is 1.51. The number of rotatable bonds is 10. The number of aliphatic hydroxyl groups excluding tert-OH is 1. The molecule has 1 amide bonds. The second-order valence-corrected chi connectivity index (χ2v) is 12.8. The molecule has 0 spiro atoms. The summed E-state index contributed by atoms with van der Waals surface area (Å²) < 4.78 is 19.7. The number of benzene rings is 4. The topological polar surface area (TPSA) is 107 Å². The number of aromatic nitrogens is 2. The Morgan fingerprint density at radius 2 is 1.59 bits per heavy atom. The van der Waals surface area contributed by atoms with Crippen LogP contribution in [0, 0.1) is 5.92 Å². The Hall–Kier alpha value is -5.06. The minimum Gasteiger partial charge on any atom is -0.431 e. The molecule has 4 aromatic carbocycles. The van der Waals surface area contributed by atoms with Crippen LogP contribution in [0.1, 0.15) is 46.4 Å². The quantitative estimate of drug-likeness (QED) is 0.140. The van der Waals surface area contributed by atoms with E-state index in [0.717, 1.165) is 39.3 Å². The van der Waals surface area contributed by atoms with Crippen LogP contribution in [0.15, 0.2) is 143 Å². The molecule has 4 unspecified atom stereocenters. The average molecular weight is 670 g/mol. The highest BCUT2D eigenvalue weighted by Crippen LogP contribution is 2.44. The first-order chi connectivity index (χ1) is 24.1. The smallest absolute Gasteiger partial charge is 0.257 e. The van der Waals surface area contributed by atoms with E-state index in [1.165, 1.54) is 18.0 Å². The number of nitrogens with zero attached hydrogens (tertiary/aromatic N) is 2. The van der Waals surface area contributed by atoms with Crippen molar-refractivity contribution < 1.29 is 23.8 Å². The third-order valence-corrected chi connectivity index (χ3v) is 9.44. The predicted molar refractivity (Wildman–Crippen MR) is 190 cm³/mol. The molecule has 7 rings (SSSR count). The zero-order valence-electron chi connectivity index (χ0n) is 26.8. The van der Waals surface area contributed by atoms with Gasteiger partial charge < -0.3 is 24.3 Å². The predicted octanol–water partition coefficient (Wildman–Crippen LogP) is 8.73. The first-order valence-corrected chi connectivity index (χ1v) is 17.1. The number of carbonyl (C=O) groups excluding carboxylic acids is 1. The lowest BCUT2D eigenvalue weighted by Crippen LogP contribution is -2.38. The van der Waals surface area contributed by atoms with E-state index in [4.69, 9.17) is 18.9 Å². The first kappa shape index (κ1) is 32.5. The Balaban J connectivity index is 1.16. The van der Waals surface area contributed by atoms with Crippen LogP contribution in [-0.4, -0.2) is 32.8 Å². The molecular formula is C40H35N3O5S. The van der Waals surface area contributed by atoms with E-state index >= 15 is 0 Å². The van der Waals surface area contributed by atoms with Gasteiger partial charge in [0.05, 0.1) is 24.4 Å². The van der Waals surface area contributed by atoms with Gasteiger partial charge >= 0.3 is 0 Å². The standard InChI is InChI=1S/C40H35N3O5S/c1-26-34(25-49-40-43-35(28-10-4-2-5-11-28)37(48-40)29-12-6-3-7-13-29)46-39(47-36(26)30-19-17-27(24-44)18-20-30)31-14-8-16-33(22-31)42-38(45)32-15-9-21-41-23-32/h2-23,26,34,36,39,44H,24-25H2,1H3,(H,42,45). The van der Waals surface area contributed by atoms with E-state index in [1.807, 2.05) is 109 Å². The highest BCUT2D eigenvalue weighted by molar-refractivity contribution is 7.99. The Morgan fingerprint density at radius 1 is 0.837 bits per heavy atom. The zero-order chi connectivity index (χ0) is 33.6. The fourth-order valence-corrected chi connectivity index (χ4v) is 6.85. The van der Waals surface area contributed by atoms with Gasteiger partial charge in [0.15, 0.2) is 12.1 Å². The molecule has 2 N–H and O–H groups in total. The largest absolute Gasteiger partial charge is 0.431 e. The van der Waals surface area contributed by atoms with Crippen molar-refractivity contribution in [3.8, 4) is 22.6 Å². The van der Waals surface area contributed by atoms with Crippen molar-refractivity contribution in [3.63, 3.8) is 0 Å². The second kappa shape index (κ2) is 15.0. The molecular weight excluding hydrogens is 635 g/mol. The van der Waals surface area contributed by atoms with Crippen LogP contribution in [0.3, 0.4) is 0 Å². The van der Waals surface area contributed by atoms with Crippen molar-refractivity contribution in [1.82, 2.24) is 9.97 Å². The van der Waals surface area contributed by atoms with Gasteiger partial charge in [-0.15, -0.1) is 0 Å². The number of ether oxygens (including phenoxy) is 2.